The van der Waals surface area contributed by atoms with Crippen LogP contribution >= 0.6 is 11.8 Å². The molecule has 1 N–H and O–H groups in total. The van der Waals surface area contributed by atoms with E-state index < -0.39 is 17.8 Å². The average molecular weight is 245 g/mol. The number of pyridine rings is 1. The number of carbonyl (C=O) groups is 2. The number of esters is 1. The normalized spacial score (nSPS) is 9.88. The summed E-state index contributed by atoms with van der Waals surface area (Å²) in [6.45, 7) is 0. The number of hydrogen-bond acceptors (Lipinski definition) is 5. The predicted molar refractivity (Wildman–Crippen MR) is 53.9 cm³/mol. The molecule has 86 valence electrons. The van der Waals surface area contributed by atoms with Crippen molar-refractivity contribution in [2.45, 2.75) is 5.03 Å². The quantitative estimate of drug-likeness (QED) is 0.634. The van der Waals surface area contributed by atoms with E-state index in [2.05, 4.69) is 9.72 Å². The summed E-state index contributed by atoms with van der Waals surface area (Å²) in [4.78, 5) is 25.2. The molecule has 0 unspecified atom stereocenters. The Morgan fingerprint density at radius 1 is 1.62 bits per heavy atom. The standard InChI is InChI=1S/C9H8FNO4S/c1-15-7(12)4-16-8-6(9(13)14)2-5(10)3-11-8/h2-3H,4H2,1H3,(H,13,14). The van der Waals surface area contributed by atoms with Crippen LogP contribution in [0.3, 0.4) is 0 Å². The van der Waals surface area contributed by atoms with E-state index in [1.54, 1.807) is 0 Å². The van der Waals surface area contributed by atoms with Gasteiger partial charge < -0.3 is 9.84 Å². The SMILES string of the molecule is COC(=O)CSc1ncc(F)cc1C(=O)O. The van der Waals surface area contributed by atoms with Gasteiger partial charge in [-0.2, -0.15) is 0 Å². The lowest BCUT2D eigenvalue weighted by atomic mass is 10.3. The van der Waals surface area contributed by atoms with E-state index in [1.165, 1.54) is 7.11 Å². The van der Waals surface area contributed by atoms with Crippen LogP contribution in [0.15, 0.2) is 17.3 Å². The van der Waals surface area contributed by atoms with Crippen molar-refractivity contribution in [1.82, 2.24) is 4.98 Å². The molecule has 0 aromatic carbocycles. The van der Waals surface area contributed by atoms with Crippen LogP contribution in [0.4, 0.5) is 4.39 Å². The first-order valence-electron chi connectivity index (χ1n) is 4.13. The van der Waals surface area contributed by atoms with Gasteiger partial charge in [0.15, 0.2) is 0 Å². The van der Waals surface area contributed by atoms with Gasteiger partial charge >= 0.3 is 11.9 Å². The van der Waals surface area contributed by atoms with E-state index in [1.807, 2.05) is 0 Å². The minimum Gasteiger partial charge on any atom is -0.478 e. The second-order valence-corrected chi connectivity index (χ2v) is 3.64. The molecule has 0 bridgehead atoms. The van der Waals surface area contributed by atoms with Crippen molar-refractivity contribution < 1.29 is 23.8 Å². The van der Waals surface area contributed by atoms with Gasteiger partial charge in [0.1, 0.15) is 10.8 Å². The fourth-order valence-electron chi connectivity index (χ4n) is 0.881. The largest absolute Gasteiger partial charge is 0.478 e. The molecule has 0 aliphatic rings. The first kappa shape index (κ1) is 12.4. The van der Waals surface area contributed by atoms with Crippen molar-refractivity contribution in [1.29, 1.82) is 0 Å². The zero-order chi connectivity index (χ0) is 12.1. The number of aromatic nitrogens is 1. The van der Waals surface area contributed by atoms with E-state index >= 15 is 0 Å². The molecule has 1 aromatic rings. The number of hydrogen-bond donors (Lipinski definition) is 1. The summed E-state index contributed by atoms with van der Waals surface area (Å²) in [6, 6.07) is 0.856. The van der Waals surface area contributed by atoms with Crippen molar-refractivity contribution in [3.63, 3.8) is 0 Å². The Morgan fingerprint density at radius 2 is 2.31 bits per heavy atom. The van der Waals surface area contributed by atoms with Crippen molar-refractivity contribution in [2.75, 3.05) is 12.9 Å². The maximum atomic E-state index is 12.7. The van der Waals surface area contributed by atoms with Crippen LogP contribution in [0.1, 0.15) is 10.4 Å². The molecule has 0 atom stereocenters. The number of carboxylic acids is 1. The van der Waals surface area contributed by atoms with Gasteiger partial charge in [-0.05, 0) is 6.07 Å². The molecule has 0 saturated carbocycles. The number of halogens is 1. The minimum absolute atomic E-state index is 0.0740. The van der Waals surface area contributed by atoms with Gasteiger partial charge in [0.05, 0.1) is 24.6 Å². The van der Waals surface area contributed by atoms with Gasteiger partial charge in [0.25, 0.3) is 0 Å². The van der Waals surface area contributed by atoms with Crippen molar-refractivity contribution >= 4 is 23.7 Å². The number of carbonyl (C=O) groups excluding carboxylic acids is 1. The number of methoxy groups -OCH3 is 1. The highest BCUT2D eigenvalue weighted by Crippen LogP contribution is 2.20. The number of aromatic carboxylic acids is 1. The molecular weight excluding hydrogens is 237 g/mol. The zero-order valence-corrected chi connectivity index (χ0v) is 9.08. The summed E-state index contributed by atoms with van der Waals surface area (Å²) in [6.07, 6.45) is 0.895. The molecule has 1 rings (SSSR count). The zero-order valence-electron chi connectivity index (χ0n) is 8.27. The highest BCUT2D eigenvalue weighted by molar-refractivity contribution is 8.00. The number of carboxylic acid groups (broad SMARTS) is 1. The van der Waals surface area contributed by atoms with Crippen LogP contribution in [-0.2, 0) is 9.53 Å². The van der Waals surface area contributed by atoms with Gasteiger partial charge in [-0.25, -0.2) is 14.2 Å². The fourth-order valence-corrected chi connectivity index (χ4v) is 1.68. The summed E-state index contributed by atoms with van der Waals surface area (Å²) < 4.78 is 17.1. The monoisotopic (exact) mass is 245 g/mol. The summed E-state index contributed by atoms with van der Waals surface area (Å²) in [5.74, 6) is -2.61. The lowest BCUT2D eigenvalue weighted by molar-refractivity contribution is -0.137. The molecule has 0 aliphatic carbocycles. The van der Waals surface area contributed by atoms with Crippen molar-refractivity contribution in [3.05, 3.63) is 23.6 Å². The second kappa shape index (κ2) is 5.45. The summed E-state index contributed by atoms with van der Waals surface area (Å²) in [5.41, 5.74) is -0.270. The summed E-state index contributed by atoms with van der Waals surface area (Å²) >= 11 is 0.884. The van der Waals surface area contributed by atoms with Gasteiger partial charge in [0.2, 0.25) is 0 Å². The third-order valence-electron chi connectivity index (χ3n) is 1.60. The lowest BCUT2D eigenvalue weighted by Crippen LogP contribution is -2.06. The van der Waals surface area contributed by atoms with E-state index in [9.17, 15) is 14.0 Å². The smallest absolute Gasteiger partial charge is 0.338 e. The lowest BCUT2D eigenvalue weighted by Gasteiger charge is -2.03. The molecule has 1 aromatic heterocycles. The second-order valence-electron chi connectivity index (χ2n) is 2.68. The molecular formula is C9H8FNO4S. The first-order valence-corrected chi connectivity index (χ1v) is 5.11. The topological polar surface area (TPSA) is 76.5 Å². The van der Waals surface area contributed by atoms with Gasteiger partial charge in [-0.15, -0.1) is 0 Å². The van der Waals surface area contributed by atoms with Gasteiger partial charge in [-0.1, -0.05) is 11.8 Å². The Balaban J connectivity index is 2.87. The molecule has 0 spiro atoms. The molecule has 16 heavy (non-hydrogen) atoms. The Bertz CT molecular complexity index is 424. The van der Waals surface area contributed by atoms with Crippen molar-refractivity contribution in [3.8, 4) is 0 Å². The molecule has 0 radical (unpaired) electrons. The Labute approximate surface area is 94.6 Å². The molecule has 0 aliphatic heterocycles. The van der Waals surface area contributed by atoms with E-state index in [-0.39, 0.29) is 16.3 Å². The Hall–Kier alpha value is -1.63. The molecule has 1 heterocycles. The third kappa shape index (κ3) is 3.20. The van der Waals surface area contributed by atoms with Gasteiger partial charge in [-0.3, -0.25) is 4.79 Å². The van der Waals surface area contributed by atoms with E-state index in [0.717, 1.165) is 24.0 Å². The van der Waals surface area contributed by atoms with Crippen LogP contribution in [0.5, 0.6) is 0 Å². The van der Waals surface area contributed by atoms with Crippen LogP contribution in [0.25, 0.3) is 0 Å². The maximum Gasteiger partial charge on any atom is 0.338 e. The number of ether oxygens (including phenoxy) is 1. The molecule has 7 heteroatoms. The molecule has 0 amide bonds. The van der Waals surface area contributed by atoms with E-state index in [4.69, 9.17) is 5.11 Å². The number of rotatable bonds is 4. The molecule has 0 saturated heterocycles. The molecule has 0 fully saturated rings. The van der Waals surface area contributed by atoms with Crippen LogP contribution in [0, 0.1) is 5.82 Å². The van der Waals surface area contributed by atoms with Crippen LogP contribution in [-0.4, -0.2) is 34.9 Å². The Morgan fingerprint density at radius 3 is 2.88 bits per heavy atom. The summed E-state index contributed by atoms with van der Waals surface area (Å²) in [7, 11) is 1.22. The first-order chi connectivity index (χ1) is 7.54. The predicted octanol–water partition coefficient (Wildman–Crippen LogP) is 1.18. The molecule has 5 nitrogen and oxygen atoms in total. The van der Waals surface area contributed by atoms with Gasteiger partial charge in [0, 0.05) is 0 Å². The van der Waals surface area contributed by atoms with Crippen LogP contribution < -0.4 is 0 Å². The fraction of sp³-hybridized carbons (Fsp3) is 0.222. The highest BCUT2D eigenvalue weighted by Gasteiger charge is 2.14. The highest BCUT2D eigenvalue weighted by atomic mass is 32.2. The Kier molecular flexibility index (Phi) is 4.24. The number of nitrogens with zero attached hydrogens (tertiary/aromatic N) is 1. The van der Waals surface area contributed by atoms with Crippen LogP contribution in [0.2, 0.25) is 0 Å². The maximum absolute atomic E-state index is 12.7. The number of thioether (sulfide) groups is 1. The summed E-state index contributed by atoms with van der Waals surface area (Å²) in [5, 5.41) is 8.86. The third-order valence-corrected chi connectivity index (χ3v) is 2.58. The van der Waals surface area contributed by atoms with Crippen molar-refractivity contribution in [2.24, 2.45) is 0 Å². The minimum atomic E-state index is -1.29. The van der Waals surface area contributed by atoms with E-state index in [0.29, 0.717) is 0 Å². The average Bonchev–Trinajstić information content (AvgIpc) is 2.26.